The number of aliphatic hydroxyl groups excluding tert-OH is 1. The second-order valence-corrected chi connectivity index (χ2v) is 2.29. The van der Waals surface area contributed by atoms with Gasteiger partial charge in [0.15, 0.2) is 5.78 Å². The van der Waals surface area contributed by atoms with E-state index in [0.717, 1.165) is 0 Å². The minimum absolute atomic E-state index is 0.00125. The molecule has 0 aromatic rings. The lowest BCUT2D eigenvalue weighted by molar-refractivity contribution is -0.116. The molecule has 0 spiro atoms. The average Bonchev–Trinajstić information content (AvgIpc) is 1.97. The summed E-state index contributed by atoms with van der Waals surface area (Å²) >= 11 is 0. The van der Waals surface area contributed by atoms with Crippen LogP contribution in [-0.2, 0) is 9.53 Å². The van der Waals surface area contributed by atoms with Crippen LogP contribution in [0.5, 0.6) is 0 Å². The molecule has 3 heteroatoms. The largest absolute Gasteiger partial charge is 0.394 e. The molecule has 0 atom stereocenters. The van der Waals surface area contributed by atoms with Gasteiger partial charge in [0.25, 0.3) is 0 Å². The summed E-state index contributed by atoms with van der Waals surface area (Å²) in [6, 6.07) is 0. The molecule has 0 aliphatic heterocycles. The summed E-state index contributed by atoms with van der Waals surface area (Å²) in [6.07, 6.45) is 0.356. The van der Waals surface area contributed by atoms with Crippen LogP contribution in [0.2, 0.25) is 0 Å². The zero-order valence-corrected chi connectivity index (χ0v) is 6.80. The van der Waals surface area contributed by atoms with Gasteiger partial charge in [-0.1, -0.05) is 6.58 Å². The molecule has 0 unspecified atom stereocenters. The summed E-state index contributed by atoms with van der Waals surface area (Å²) < 4.78 is 4.89. The van der Waals surface area contributed by atoms with Crippen molar-refractivity contribution in [3.05, 3.63) is 12.2 Å². The third kappa shape index (κ3) is 5.76. The standard InChI is InChI=1S/C8H14O3/c1-7(2)8(10)3-5-11-6-4-9/h9H,1,3-6H2,2H3. The van der Waals surface area contributed by atoms with Crippen LogP contribution in [0.25, 0.3) is 0 Å². The third-order valence-corrected chi connectivity index (χ3v) is 1.19. The number of allylic oxidation sites excluding steroid dienone is 1. The molecular formula is C8H14O3. The van der Waals surface area contributed by atoms with Crippen molar-refractivity contribution in [1.29, 1.82) is 0 Å². The maximum absolute atomic E-state index is 10.9. The Hall–Kier alpha value is -0.670. The van der Waals surface area contributed by atoms with Gasteiger partial charge in [0, 0.05) is 6.42 Å². The highest BCUT2D eigenvalue weighted by molar-refractivity contribution is 5.94. The van der Waals surface area contributed by atoms with E-state index in [1.165, 1.54) is 0 Å². The van der Waals surface area contributed by atoms with Crippen LogP contribution in [0.1, 0.15) is 13.3 Å². The fourth-order valence-corrected chi connectivity index (χ4v) is 0.545. The van der Waals surface area contributed by atoms with Crippen LogP contribution in [0.3, 0.4) is 0 Å². The van der Waals surface area contributed by atoms with E-state index in [4.69, 9.17) is 9.84 Å². The number of hydrogen-bond acceptors (Lipinski definition) is 3. The molecular weight excluding hydrogens is 144 g/mol. The van der Waals surface area contributed by atoms with Gasteiger partial charge in [0.2, 0.25) is 0 Å². The summed E-state index contributed by atoms with van der Waals surface area (Å²) in [5, 5.41) is 8.31. The SMILES string of the molecule is C=C(C)C(=O)CCOCCO. The number of ketones is 1. The summed E-state index contributed by atoms with van der Waals surface area (Å²) in [4.78, 5) is 10.9. The van der Waals surface area contributed by atoms with Gasteiger partial charge < -0.3 is 9.84 Å². The Balaban J connectivity index is 3.25. The van der Waals surface area contributed by atoms with Crippen molar-refractivity contribution in [3.63, 3.8) is 0 Å². The Bertz CT molecular complexity index is 140. The Morgan fingerprint density at radius 1 is 1.55 bits per heavy atom. The minimum atomic E-state index is 0.00125. The van der Waals surface area contributed by atoms with Crippen molar-refractivity contribution >= 4 is 5.78 Å². The van der Waals surface area contributed by atoms with E-state index in [0.29, 0.717) is 25.2 Å². The second kappa shape index (κ2) is 6.07. The predicted octanol–water partition coefficient (Wildman–Crippen LogP) is 0.531. The number of hydrogen-bond donors (Lipinski definition) is 1. The molecule has 0 rings (SSSR count). The van der Waals surface area contributed by atoms with Gasteiger partial charge in [-0.3, -0.25) is 4.79 Å². The second-order valence-electron chi connectivity index (χ2n) is 2.29. The van der Waals surface area contributed by atoms with Gasteiger partial charge in [-0.2, -0.15) is 0 Å². The molecule has 11 heavy (non-hydrogen) atoms. The van der Waals surface area contributed by atoms with Crippen LogP contribution in [0.15, 0.2) is 12.2 Å². The molecule has 0 heterocycles. The van der Waals surface area contributed by atoms with Crippen LogP contribution in [0, 0.1) is 0 Å². The van der Waals surface area contributed by atoms with Gasteiger partial charge in [-0.25, -0.2) is 0 Å². The lowest BCUT2D eigenvalue weighted by Gasteiger charge is -2.00. The number of ether oxygens (including phenoxy) is 1. The zero-order chi connectivity index (χ0) is 8.69. The van der Waals surface area contributed by atoms with E-state index in [1.807, 2.05) is 0 Å². The summed E-state index contributed by atoms with van der Waals surface area (Å²) in [5.74, 6) is 0.0166. The Morgan fingerprint density at radius 2 is 2.18 bits per heavy atom. The molecule has 1 N–H and O–H groups in total. The van der Waals surface area contributed by atoms with Crippen LogP contribution >= 0.6 is 0 Å². The normalized spacial score (nSPS) is 9.64. The first-order valence-corrected chi connectivity index (χ1v) is 3.55. The quantitative estimate of drug-likeness (QED) is 0.453. The Labute approximate surface area is 66.7 Å². The zero-order valence-electron chi connectivity index (χ0n) is 6.80. The first kappa shape index (κ1) is 10.3. The monoisotopic (exact) mass is 158 g/mol. The van der Waals surface area contributed by atoms with Crippen molar-refractivity contribution in [3.8, 4) is 0 Å². The van der Waals surface area contributed by atoms with Crippen molar-refractivity contribution in [1.82, 2.24) is 0 Å². The average molecular weight is 158 g/mol. The lowest BCUT2D eigenvalue weighted by atomic mass is 10.2. The highest BCUT2D eigenvalue weighted by Crippen LogP contribution is 1.94. The first-order valence-electron chi connectivity index (χ1n) is 3.55. The van der Waals surface area contributed by atoms with E-state index in [-0.39, 0.29) is 12.4 Å². The van der Waals surface area contributed by atoms with E-state index in [9.17, 15) is 4.79 Å². The highest BCUT2D eigenvalue weighted by atomic mass is 16.5. The number of rotatable bonds is 6. The highest BCUT2D eigenvalue weighted by Gasteiger charge is 2.00. The van der Waals surface area contributed by atoms with Crippen LogP contribution in [-0.4, -0.2) is 30.7 Å². The van der Waals surface area contributed by atoms with Gasteiger partial charge in [-0.05, 0) is 12.5 Å². The van der Waals surface area contributed by atoms with Crippen molar-refractivity contribution < 1.29 is 14.6 Å². The first-order chi connectivity index (χ1) is 5.18. The maximum Gasteiger partial charge on any atom is 0.160 e. The van der Waals surface area contributed by atoms with Gasteiger partial charge >= 0.3 is 0 Å². The van der Waals surface area contributed by atoms with Crippen molar-refractivity contribution in [2.24, 2.45) is 0 Å². The Kier molecular flexibility index (Phi) is 5.70. The van der Waals surface area contributed by atoms with Crippen molar-refractivity contribution in [2.45, 2.75) is 13.3 Å². The molecule has 0 saturated carbocycles. The van der Waals surface area contributed by atoms with E-state index in [1.54, 1.807) is 6.92 Å². The van der Waals surface area contributed by atoms with Crippen LogP contribution < -0.4 is 0 Å². The number of aliphatic hydroxyl groups is 1. The summed E-state index contributed by atoms with van der Waals surface area (Å²) in [7, 11) is 0. The molecule has 0 aromatic carbocycles. The molecule has 0 amide bonds. The van der Waals surface area contributed by atoms with Gasteiger partial charge in [0.1, 0.15) is 0 Å². The third-order valence-electron chi connectivity index (χ3n) is 1.19. The molecule has 64 valence electrons. The number of carbonyl (C=O) groups excluding carboxylic acids is 1. The number of Topliss-reactive ketones (excluding diaryl/α,β-unsaturated/α-hetero) is 1. The van der Waals surface area contributed by atoms with Crippen LogP contribution in [0.4, 0.5) is 0 Å². The molecule has 0 aliphatic carbocycles. The van der Waals surface area contributed by atoms with Crippen molar-refractivity contribution in [2.75, 3.05) is 19.8 Å². The fraction of sp³-hybridized carbons (Fsp3) is 0.625. The maximum atomic E-state index is 10.9. The lowest BCUT2D eigenvalue weighted by Crippen LogP contribution is -2.06. The smallest absolute Gasteiger partial charge is 0.160 e. The van der Waals surface area contributed by atoms with Gasteiger partial charge in [-0.15, -0.1) is 0 Å². The van der Waals surface area contributed by atoms with E-state index >= 15 is 0 Å². The number of carbonyl (C=O) groups is 1. The van der Waals surface area contributed by atoms with E-state index < -0.39 is 0 Å². The molecule has 0 aromatic heterocycles. The summed E-state index contributed by atoms with van der Waals surface area (Å²) in [6.45, 7) is 5.84. The molecule has 0 aliphatic rings. The minimum Gasteiger partial charge on any atom is -0.394 e. The molecule has 0 radical (unpaired) electrons. The molecule has 0 fully saturated rings. The summed E-state index contributed by atoms with van der Waals surface area (Å²) in [5.41, 5.74) is 0.553. The topological polar surface area (TPSA) is 46.5 Å². The van der Waals surface area contributed by atoms with Gasteiger partial charge in [0.05, 0.1) is 19.8 Å². The molecule has 0 bridgehead atoms. The molecule has 0 saturated heterocycles. The fourth-order valence-electron chi connectivity index (χ4n) is 0.545. The van der Waals surface area contributed by atoms with E-state index in [2.05, 4.69) is 6.58 Å². The Morgan fingerprint density at radius 3 is 2.64 bits per heavy atom. The molecule has 3 nitrogen and oxygen atoms in total. The predicted molar refractivity (Wildman–Crippen MR) is 42.3 cm³/mol.